The molecule has 4 heteroatoms. The predicted molar refractivity (Wildman–Crippen MR) is 58.2 cm³/mol. The van der Waals surface area contributed by atoms with Gasteiger partial charge in [0, 0.05) is 5.56 Å². The van der Waals surface area contributed by atoms with Gasteiger partial charge in [0.05, 0.1) is 5.92 Å². The molecule has 1 aliphatic rings. The van der Waals surface area contributed by atoms with E-state index < -0.39 is 0 Å². The lowest BCUT2D eigenvalue weighted by molar-refractivity contribution is 0.334. The van der Waals surface area contributed by atoms with Crippen molar-refractivity contribution in [2.24, 2.45) is 0 Å². The van der Waals surface area contributed by atoms with Crippen LogP contribution in [0.4, 0.5) is 0 Å². The van der Waals surface area contributed by atoms with E-state index in [0.717, 1.165) is 11.3 Å². The van der Waals surface area contributed by atoms with Gasteiger partial charge < -0.3 is 9.26 Å². The number of ether oxygens (including phenoxy) is 1. The van der Waals surface area contributed by atoms with Crippen molar-refractivity contribution < 1.29 is 9.26 Å². The minimum Gasteiger partial charge on any atom is -0.492 e. The molecule has 0 saturated carbocycles. The summed E-state index contributed by atoms with van der Waals surface area (Å²) >= 11 is 0. The highest BCUT2D eigenvalue weighted by Crippen LogP contribution is 2.36. The van der Waals surface area contributed by atoms with E-state index in [1.165, 1.54) is 6.08 Å². The van der Waals surface area contributed by atoms with E-state index in [1.807, 2.05) is 24.3 Å². The molecule has 0 radical (unpaired) electrons. The molecule has 3 rings (SSSR count). The average Bonchev–Trinajstić information content (AvgIpc) is 2.94. The van der Waals surface area contributed by atoms with Crippen LogP contribution >= 0.6 is 0 Å². The molecular formula is C12H10N2O2. The second-order valence-corrected chi connectivity index (χ2v) is 3.60. The summed E-state index contributed by atoms with van der Waals surface area (Å²) in [6.07, 6.45) is 1.54. The first-order valence-electron chi connectivity index (χ1n) is 5.06. The van der Waals surface area contributed by atoms with Crippen LogP contribution in [-0.4, -0.2) is 16.7 Å². The molecule has 0 spiro atoms. The number of aromatic nitrogens is 2. The molecular weight excluding hydrogens is 204 g/mol. The number of benzene rings is 1. The third-order valence-corrected chi connectivity index (χ3v) is 2.64. The Morgan fingerprint density at radius 1 is 1.38 bits per heavy atom. The molecule has 0 bridgehead atoms. The predicted octanol–water partition coefficient (Wildman–Crippen LogP) is 2.24. The molecule has 1 unspecified atom stereocenters. The lowest BCUT2D eigenvalue weighted by Gasteiger charge is -2.01. The molecule has 1 atom stereocenters. The van der Waals surface area contributed by atoms with Gasteiger partial charge in [0.15, 0.2) is 5.82 Å². The van der Waals surface area contributed by atoms with Gasteiger partial charge in [-0.2, -0.15) is 4.98 Å². The summed E-state index contributed by atoms with van der Waals surface area (Å²) in [6, 6.07) is 7.91. The summed E-state index contributed by atoms with van der Waals surface area (Å²) in [7, 11) is 0. The van der Waals surface area contributed by atoms with Crippen LogP contribution in [0.3, 0.4) is 0 Å². The Morgan fingerprint density at radius 2 is 2.25 bits per heavy atom. The van der Waals surface area contributed by atoms with Crippen LogP contribution in [0.2, 0.25) is 0 Å². The smallest absolute Gasteiger partial charge is 0.250 e. The second-order valence-electron chi connectivity index (χ2n) is 3.60. The maximum absolute atomic E-state index is 5.56. The summed E-state index contributed by atoms with van der Waals surface area (Å²) in [5, 5.41) is 3.93. The number of nitrogens with zero attached hydrogens (tertiary/aromatic N) is 2. The summed E-state index contributed by atoms with van der Waals surface area (Å²) in [4.78, 5) is 4.23. The van der Waals surface area contributed by atoms with Crippen LogP contribution in [0.25, 0.3) is 6.08 Å². The fraction of sp³-hybridized carbons (Fsp3) is 0.167. The van der Waals surface area contributed by atoms with Crippen molar-refractivity contribution in [2.75, 3.05) is 6.61 Å². The molecule has 0 amide bonds. The monoisotopic (exact) mass is 214 g/mol. The van der Waals surface area contributed by atoms with Crippen molar-refractivity contribution in [1.82, 2.24) is 10.1 Å². The zero-order chi connectivity index (χ0) is 11.0. The van der Waals surface area contributed by atoms with E-state index in [9.17, 15) is 0 Å². The van der Waals surface area contributed by atoms with E-state index in [4.69, 9.17) is 9.26 Å². The lowest BCUT2D eigenvalue weighted by Crippen LogP contribution is -2.04. The first-order chi connectivity index (χ1) is 7.88. The minimum atomic E-state index is 0.0636. The van der Waals surface area contributed by atoms with E-state index in [1.54, 1.807) is 0 Å². The number of rotatable bonds is 2. The number of hydrogen-bond acceptors (Lipinski definition) is 4. The molecule has 0 aliphatic carbocycles. The Kier molecular flexibility index (Phi) is 1.99. The van der Waals surface area contributed by atoms with Gasteiger partial charge in [0.1, 0.15) is 12.4 Å². The number of fused-ring (bicyclic) bond motifs is 1. The molecule has 0 fully saturated rings. The van der Waals surface area contributed by atoms with Gasteiger partial charge in [-0.3, -0.25) is 0 Å². The normalized spacial score (nSPS) is 17.9. The zero-order valence-corrected chi connectivity index (χ0v) is 8.59. The van der Waals surface area contributed by atoms with Crippen molar-refractivity contribution in [1.29, 1.82) is 0 Å². The largest absolute Gasteiger partial charge is 0.492 e. The second kappa shape index (κ2) is 3.48. The first kappa shape index (κ1) is 9.15. The molecule has 80 valence electrons. The molecule has 1 aliphatic heterocycles. The van der Waals surface area contributed by atoms with Crippen molar-refractivity contribution in [2.45, 2.75) is 5.92 Å². The molecule has 1 aromatic carbocycles. The van der Waals surface area contributed by atoms with Crippen LogP contribution in [0.15, 0.2) is 35.4 Å². The van der Waals surface area contributed by atoms with Gasteiger partial charge in [-0.15, -0.1) is 0 Å². The molecule has 2 aromatic rings. The van der Waals surface area contributed by atoms with Crippen LogP contribution in [-0.2, 0) is 0 Å². The summed E-state index contributed by atoms with van der Waals surface area (Å²) in [5.41, 5.74) is 1.11. The van der Waals surface area contributed by atoms with Crippen LogP contribution < -0.4 is 4.74 Å². The molecule has 1 aromatic heterocycles. The third-order valence-electron chi connectivity index (χ3n) is 2.64. The highest BCUT2D eigenvalue weighted by atomic mass is 16.5. The average molecular weight is 214 g/mol. The van der Waals surface area contributed by atoms with Gasteiger partial charge in [0.2, 0.25) is 5.89 Å². The highest BCUT2D eigenvalue weighted by molar-refractivity contribution is 5.43. The highest BCUT2D eigenvalue weighted by Gasteiger charge is 2.28. The fourth-order valence-corrected chi connectivity index (χ4v) is 1.85. The van der Waals surface area contributed by atoms with E-state index in [2.05, 4.69) is 16.7 Å². The SMILES string of the molecule is C=Cc1nc(C2COc3ccccc32)no1. The van der Waals surface area contributed by atoms with E-state index in [-0.39, 0.29) is 5.92 Å². The van der Waals surface area contributed by atoms with Gasteiger partial charge >= 0.3 is 0 Å². The quantitative estimate of drug-likeness (QED) is 0.769. The summed E-state index contributed by atoms with van der Waals surface area (Å²) in [5.74, 6) is 2.06. The van der Waals surface area contributed by atoms with Gasteiger partial charge in [-0.1, -0.05) is 29.9 Å². The number of hydrogen-bond donors (Lipinski definition) is 0. The third kappa shape index (κ3) is 1.31. The van der Waals surface area contributed by atoms with Crippen LogP contribution in [0.1, 0.15) is 23.2 Å². The minimum absolute atomic E-state index is 0.0636. The zero-order valence-electron chi connectivity index (χ0n) is 8.59. The van der Waals surface area contributed by atoms with Gasteiger partial charge in [0.25, 0.3) is 0 Å². The Morgan fingerprint density at radius 3 is 3.06 bits per heavy atom. The van der Waals surface area contributed by atoms with Crippen LogP contribution in [0, 0.1) is 0 Å². The number of para-hydroxylation sites is 1. The standard InChI is InChI=1S/C12H10N2O2/c1-2-11-13-12(14-16-11)9-7-15-10-6-4-3-5-8(9)10/h2-6,9H,1,7H2. The topological polar surface area (TPSA) is 48.2 Å². The Balaban J connectivity index is 2.01. The lowest BCUT2D eigenvalue weighted by atomic mass is 10.0. The Hall–Kier alpha value is -2.10. The summed E-state index contributed by atoms with van der Waals surface area (Å²) < 4.78 is 10.6. The van der Waals surface area contributed by atoms with Crippen molar-refractivity contribution >= 4 is 6.08 Å². The molecule has 2 heterocycles. The fourth-order valence-electron chi connectivity index (χ4n) is 1.85. The molecule has 0 saturated heterocycles. The summed E-state index contributed by atoms with van der Waals surface area (Å²) in [6.45, 7) is 4.15. The van der Waals surface area contributed by atoms with E-state index >= 15 is 0 Å². The maximum atomic E-state index is 5.56. The maximum Gasteiger partial charge on any atom is 0.250 e. The van der Waals surface area contributed by atoms with Crippen molar-refractivity contribution in [3.8, 4) is 5.75 Å². The molecule has 0 N–H and O–H groups in total. The Bertz CT molecular complexity index is 533. The van der Waals surface area contributed by atoms with Gasteiger partial charge in [-0.05, 0) is 12.1 Å². The van der Waals surface area contributed by atoms with Crippen LogP contribution in [0.5, 0.6) is 5.75 Å². The Labute approximate surface area is 92.6 Å². The first-order valence-corrected chi connectivity index (χ1v) is 5.06. The molecule has 16 heavy (non-hydrogen) atoms. The molecule has 4 nitrogen and oxygen atoms in total. The van der Waals surface area contributed by atoms with E-state index in [0.29, 0.717) is 18.3 Å². The van der Waals surface area contributed by atoms with Gasteiger partial charge in [-0.25, -0.2) is 0 Å². The van der Waals surface area contributed by atoms with Crippen molar-refractivity contribution in [3.63, 3.8) is 0 Å². The van der Waals surface area contributed by atoms with Crippen molar-refractivity contribution in [3.05, 3.63) is 48.1 Å².